The summed E-state index contributed by atoms with van der Waals surface area (Å²) in [4.78, 5) is 0. The summed E-state index contributed by atoms with van der Waals surface area (Å²) in [7, 11) is 0. The highest BCUT2D eigenvalue weighted by Crippen LogP contribution is 2.65. The van der Waals surface area contributed by atoms with Crippen LogP contribution in [0.3, 0.4) is 0 Å². The van der Waals surface area contributed by atoms with Crippen LogP contribution in [0.25, 0.3) is 0 Å². The highest BCUT2D eigenvalue weighted by molar-refractivity contribution is 5.67. The highest BCUT2D eigenvalue weighted by atomic mass is 16.8. The van der Waals surface area contributed by atoms with E-state index in [9.17, 15) is 40.9 Å². The monoisotopic (exact) mass is 560 g/mol. The molecule has 8 N–H and O–H groups in total. The third kappa shape index (κ3) is 3.66. The summed E-state index contributed by atoms with van der Waals surface area (Å²) >= 11 is 0. The van der Waals surface area contributed by atoms with E-state index in [0.717, 1.165) is 12.1 Å². The normalized spacial score (nSPS) is 25.7. The van der Waals surface area contributed by atoms with Crippen LogP contribution < -0.4 is 9.47 Å². The van der Waals surface area contributed by atoms with Crippen LogP contribution in [0.15, 0.2) is 60.7 Å². The Labute approximate surface area is 231 Å². The van der Waals surface area contributed by atoms with Crippen LogP contribution >= 0.6 is 0 Å². The maximum absolute atomic E-state index is 11.3. The van der Waals surface area contributed by atoms with Gasteiger partial charge in [-0.25, -0.2) is 0 Å². The molecule has 0 radical (unpaired) electrons. The Bertz CT molecular complexity index is 1720. The summed E-state index contributed by atoms with van der Waals surface area (Å²) in [5.41, 5.74) is 1.38. The van der Waals surface area contributed by atoms with E-state index in [-0.39, 0.29) is 69.1 Å². The van der Waals surface area contributed by atoms with Gasteiger partial charge in [-0.2, -0.15) is 0 Å². The van der Waals surface area contributed by atoms with Crippen LogP contribution in [0.1, 0.15) is 39.8 Å². The quantitative estimate of drug-likeness (QED) is 0.135. The van der Waals surface area contributed by atoms with Crippen molar-refractivity contribution in [3.8, 4) is 51.7 Å². The molecule has 1 saturated heterocycles. The van der Waals surface area contributed by atoms with Gasteiger partial charge in [0, 0.05) is 46.9 Å². The Kier molecular flexibility index (Phi) is 5.18. The van der Waals surface area contributed by atoms with Crippen molar-refractivity contribution in [1.29, 1.82) is 0 Å². The van der Waals surface area contributed by atoms with Gasteiger partial charge in [0.1, 0.15) is 52.5 Å². The van der Waals surface area contributed by atoms with Crippen molar-refractivity contribution >= 4 is 0 Å². The number of aliphatic hydroxyl groups excluding tert-OH is 1. The lowest BCUT2D eigenvalue weighted by Gasteiger charge is -2.36. The van der Waals surface area contributed by atoms with Crippen LogP contribution in [-0.2, 0) is 16.9 Å². The highest BCUT2D eigenvalue weighted by Gasteiger charge is 2.69. The van der Waals surface area contributed by atoms with Gasteiger partial charge in [-0.1, -0.05) is 6.07 Å². The maximum Gasteiger partial charge on any atom is 0.265 e. The Balaban J connectivity index is 1.42. The van der Waals surface area contributed by atoms with Crippen molar-refractivity contribution < 1.29 is 55.1 Å². The van der Waals surface area contributed by atoms with E-state index >= 15 is 0 Å². The summed E-state index contributed by atoms with van der Waals surface area (Å²) < 4.78 is 18.6. The molecule has 0 spiro atoms. The average molecular weight is 561 g/mol. The van der Waals surface area contributed by atoms with Gasteiger partial charge in [0.15, 0.2) is 11.5 Å². The Morgan fingerprint density at radius 1 is 0.683 bits per heavy atom. The van der Waals surface area contributed by atoms with Crippen molar-refractivity contribution in [2.75, 3.05) is 0 Å². The average Bonchev–Trinajstić information content (AvgIpc) is 3.65. The predicted molar refractivity (Wildman–Crippen MR) is 140 cm³/mol. The summed E-state index contributed by atoms with van der Waals surface area (Å²) in [5.74, 6) is -4.32. The van der Waals surface area contributed by atoms with Crippen LogP contribution in [0, 0.1) is 0 Å². The molecule has 0 amide bonds. The van der Waals surface area contributed by atoms with E-state index in [0.29, 0.717) is 11.1 Å². The third-order valence-electron chi connectivity index (χ3n) is 7.89. The first-order valence-electron chi connectivity index (χ1n) is 12.7. The molecule has 4 aromatic carbocycles. The summed E-state index contributed by atoms with van der Waals surface area (Å²) in [6, 6.07) is 13.6. The van der Waals surface area contributed by atoms with Gasteiger partial charge in [-0.05, 0) is 42.0 Å². The van der Waals surface area contributed by atoms with E-state index in [4.69, 9.17) is 14.2 Å². The Morgan fingerprint density at radius 3 is 2.15 bits per heavy atom. The molecule has 3 heterocycles. The summed E-state index contributed by atoms with van der Waals surface area (Å²) in [6.07, 6.45) is -3.16. The van der Waals surface area contributed by atoms with E-state index in [1.165, 1.54) is 36.4 Å². The van der Waals surface area contributed by atoms with E-state index in [1.54, 1.807) is 12.1 Å². The van der Waals surface area contributed by atoms with Crippen molar-refractivity contribution in [3.63, 3.8) is 0 Å². The van der Waals surface area contributed by atoms with Gasteiger partial charge in [-0.15, -0.1) is 0 Å². The molecule has 4 aromatic rings. The molecule has 1 fully saturated rings. The van der Waals surface area contributed by atoms with Gasteiger partial charge in [-0.3, -0.25) is 0 Å². The van der Waals surface area contributed by atoms with Gasteiger partial charge >= 0.3 is 0 Å². The van der Waals surface area contributed by atoms with Gasteiger partial charge < -0.3 is 55.1 Å². The first-order chi connectivity index (χ1) is 19.6. The lowest BCUT2D eigenvalue weighted by Crippen LogP contribution is -2.33. The van der Waals surface area contributed by atoms with Gasteiger partial charge in [0.25, 0.3) is 5.79 Å². The second-order valence-electron chi connectivity index (χ2n) is 10.4. The minimum Gasteiger partial charge on any atom is -0.508 e. The molecule has 0 aliphatic carbocycles. The molecule has 11 heteroatoms. The van der Waals surface area contributed by atoms with Crippen molar-refractivity contribution in [3.05, 3.63) is 88.5 Å². The molecule has 41 heavy (non-hydrogen) atoms. The predicted octanol–water partition coefficient (Wildman–Crippen LogP) is 3.44. The molecule has 3 aliphatic heterocycles. The van der Waals surface area contributed by atoms with Crippen LogP contribution in [0.4, 0.5) is 0 Å². The largest absolute Gasteiger partial charge is 0.508 e. The molecule has 5 unspecified atom stereocenters. The molecule has 0 aromatic heterocycles. The van der Waals surface area contributed by atoms with Crippen LogP contribution in [-0.4, -0.2) is 53.1 Å². The molecular weight excluding hydrogens is 536 g/mol. The number of epoxide rings is 1. The van der Waals surface area contributed by atoms with Crippen LogP contribution in [0.5, 0.6) is 51.7 Å². The third-order valence-corrected chi connectivity index (χ3v) is 7.89. The van der Waals surface area contributed by atoms with Gasteiger partial charge in [0.2, 0.25) is 0 Å². The number of hydrogen-bond donors (Lipinski definition) is 8. The van der Waals surface area contributed by atoms with Crippen molar-refractivity contribution in [2.45, 2.75) is 36.4 Å². The summed E-state index contributed by atoms with van der Waals surface area (Å²) in [6.45, 7) is 0. The van der Waals surface area contributed by atoms with E-state index < -0.39 is 35.8 Å². The van der Waals surface area contributed by atoms with Gasteiger partial charge in [0.05, 0.1) is 12.0 Å². The lowest BCUT2D eigenvalue weighted by atomic mass is 9.79. The first kappa shape index (κ1) is 25.0. The summed E-state index contributed by atoms with van der Waals surface area (Å²) in [5, 5.41) is 83.8. The molecular formula is C30H24O11. The number of phenols is 7. The molecule has 210 valence electrons. The molecule has 0 saturated carbocycles. The minimum absolute atomic E-state index is 0.0221. The number of hydrogen-bond acceptors (Lipinski definition) is 11. The number of aliphatic hydroxyl groups is 1. The number of fused-ring (bicyclic) bond motifs is 3. The molecule has 3 aliphatic rings. The first-order valence-corrected chi connectivity index (χ1v) is 12.7. The fraction of sp³-hybridized carbons (Fsp3) is 0.200. The zero-order valence-corrected chi connectivity index (χ0v) is 21.1. The van der Waals surface area contributed by atoms with Crippen molar-refractivity contribution in [1.82, 2.24) is 0 Å². The van der Waals surface area contributed by atoms with Crippen LogP contribution in [0.2, 0.25) is 0 Å². The number of rotatable bonds is 3. The number of phenolic OH excluding ortho intramolecular Hbond substituents is 7. The Morgan fingerprint density at radius 2 is 1.41 bits per heavy atom. The van der Waals surface area contributed by atoms with E-state index in [2.05, 4.69) is 0 Å². The lowest BCUT2D eigenvalue weighted by molar-refractivity contribution is 0.0185. The standard InChI is InChI=1S/C30H24O11/c31-14-4-2-13(3-5-14)30-29(41-30)26(24-20(36)8-15(32)9-23(24)40-30)25-21(37)11-18(34)16-10-22(38)27(39-28(16)25)12-1-6-17(33)19(35)7-12/h1-9,11,22,26-27,29,31-38H,10H2. The van der Waals surface area contributed by atoms with Crippen molar-refractivity contribution in [2.24, 2.45) is 0 Å². The topological polar surface area (TPSA) is 193 Å². The fourth-order valence-corrected chi connectivity index (χ4v) is 5.97. The number of ether oxygens (including phenoxy) is 3. The molecule has 5 atom stereocenters. The zero-order chi connectivity index (χ0) is 28.8. The minimum atomic E-state index is -1.40. The maximum atomic E-state index is 11.3. The smallest absolute Gasteiger partial charge is 0.265 e. The molecule has 7 rings (SSSR count). The van der Waals surface area contributed by atoms with E-state index in [1.807, 2.05) is 0 Å². The number of aromatic hydroxyl groups is 7. The SMILES string of the molecule is Oc1ccc(C23Oc4cc(O)cc(O)c4C(c4c(O)cc(O)c5c4OC(c4ccc(O)c(O)c4)C(O)C5)C2O3)cc1. The zero-order valence-electron chi connectivity index (χ0n) is 21.1. The second-order valence-corrected chi connectivity index (χ2v) is 10.4. The fourth-order valence-electron chi connectivity index (χ4n) is 5.97. The molecule has 0 bridgehead atoms. The second kappa shape index (κ2) is 8.50. The Hall–Kier alpha value is -5.00. The molecule has 11 nitrogen and oxygen atoms in total. The number of benzene rings is 4.